The molecule has 0 spiro atoms. The van der Waals surface area contributed by atoms with Crippen molar-refractivity contribution in [2.24, 2.45) is 0 Å². The van der Waals surface area contributed by atoms with Crippen molar-refractivity contribution in [1.29, 1.82) is 0 Å². The SMILES string of the molecule is C=C1C(=O)N(CC(=O)Cl)c2ccccc21. The molecule has 0 unspecified atom stereocenters. The van der Waals surface area contributed by atoms with Crippen molar-refractivity contribution >= 4 is 34.0 Å². The van der Waals surface area contributed by atoms with Gasteiger partial charge in [-0.3, -0.25) is 14.5 Å². The lowest BCUT2D eigenvalue weighted by Crippen LogP contribution is -2.30. The summed E-state index contributed by atoms with van der Waals surface area (Å²) in [5.74, 6) is -0.259. The lowest BCUT2D eigenvalue weighted by Gasteiger charge is -2.13. The number of rotatable bonds is 2. The van der Waals surface area contributed by atoms with Gasteiger partial charge in [0.1, 0.15) is 6.54 Å². The van der Waals surface area contributed by atoms with Gasteiger partial charge in [-0.2, -0.15) is 0 Å². The summed E-state index contributed by atoms with van der Waals surface area (Å²) in [5, 5.41) is -0.562. The van der Waals surface area contributed by atoms with Gasteiger partial charge in [0.25, 0.3) is 5.91 Å². The van der Waals surface area contributed by atoms with Gasteiger partial charge >= 0.3 is 0 Å². The number of anilines is 1. The Morgan fingerprint density at radius 2 is 2.07 bits per heavy atom. The van der Waals surface area contributed by atoms with Crippen LogP contribution < -0.4 is 4.90 Å². The summed E-state index contributed by atoms with van der Waals surface area (Å²) in [6.07, 6.45) is 0. The molecule has 1 heterocycles. The number of amides is 1. The second kappa shape index (κ2) is 3.51. The van der Waals surface area contributed by atoms with Crippen LogP contribution in [0.1, 0.15) is 5.56 Å². The van der Waals surface area contributed by atoms with Crippen LogP contribution in [0.25, 0.3) is 5.57 Å². The smallest absolute Gasteiger partial charge is 0.258 e. The first-order chi connectivity index (χ1) is 7.11. The van der Waals surface area contributed by atoms with E-state index in [1.807, 2.05) is 6.07 Å². The van der Waals surface area contributed by atoms with E-state index in [2.05, 4.69) is 6.58 Å². The molecule has 0 saturated carbocycles. The minimum Gasteiger partial charge on any atom is -0.299 e. The van der Waals surface area contributed by atoms with Gasteiger partial charge < -0.3 is 0 Å². The molecule has 76 valence electrons. The predicted molar refractivity (Wildman–Crippen MR) is 58.7 cm³/mol. The maximum Gasteiger partial charge on any atom is 0.258 e. The molecule has 0 N–H and O–H groups in total. The van der Waals surface area contributed by atoms with E-state index in [9.17, 15) is 9.59 Å². The zero-order chi connectivity index (χ0) is 11.0. The summed E-state index contributed by atoms with van der Waals surface area (Å²) in [6.45, 7) is 3.57. The molecular formula is C11H8ClNO2. The number of benzene rings is 1. The van der Waals surface area contributed by atoms with Crippen molar-refractivity contribution in [3.05, 3.63) is 36.4 Å². The lowest BCUT2D eigenvalue weighted by atomic mass is 10.1. The normalized spacial score (nSPS) is 14.3. The Bertz CT molecular complexity index is 467. The predicted octanol–water partition coefficient (Wildman–Crippen LogP) is 1.81. The van der Waals surface area contributed by atoms with Crippen molar-refractivity contribution in [2.45, 2.75) is 0 Å². The Morgan fingerprint density at radius 1 is 1.40 bits per heavy atom. The molecule has 1 aromatic rings. The first kappa shape index (κ1) is 9.93. The largest absolute Gasteiger partial charge is 0.299 e. The van der Waals surface area contributed by atoms with Gasteiger partial charge in [-0.05, 0) is 17.7 Å². The summed E-state index contributed by atoms with van der Waals surface area (Å²) in [6, 6.07) is 7.19. The summed E-state index contributed by atoms with van der Waals surface area (Å²) in [5.41, 5.74) is 1.87. The van der Waals surface area contributed by atoms with Crippen LogP contribution in [0, 0.1) is 0 Å². The highest BCUT2D eigenvalue weighted by Crippen LogP contribution is 2.35. The maximum absolute atomic E-state index is 11.7. The van der Waals surface area contributed by atoms with E-state index < -0.39 is 5.24 Å². The van der Waals surface area contributed by atoms with Gasteiger partial charge in [-0.15, -0.1) is 0 Å². The van der Waals surface area contributed by atoms with E-state index in [-0.39, 0.29) is 12.5 Å². The van der Waals surface area contributed by atoms with E-state index in [0.29, 0.717) is 11.3 Å². The fraction of sp³-hybridized carbons (Fsp3) is 0.0909. The summed E-state index contributed by atoms with van der Waals surface area (Å²) in [7, 11) is 0. The van der Waals surface area contributed by atoms with Gasteiger partial charge in [-0.25, -0.2) is 0 Å². The Hall–Kier alpha value is -1.61. The molecule has 0 atom stereocenters. The number of halogens is 1. The van der Waals surface area contributed by atoms with Gasteiger partial charge in [-0.1, -0.05) is 24.8 Å². The number of para-hydroxylation sites is 1. The highest BCUT2D eigenvalue weighted by Gasteiger charge is 2.31. The monoisotopic (exact) mass is 221 g/mol. The van der Waals surface area contributed by atoms with Gasteiger partial charge in [0, 0.05) is 11.1 Å². The zero-order valence-corrected chi connectivity index (χ0v) is 8.62. The second-order valence-corrected chi connectivity index (χ2v) is 3.66. The van der Waals surface area contributed by atoms with E-state index in [0.717, 1.165) is 5.56 Å². The Balaban J connectivity index is 2.47. The average Bonchev–Trinajstić information content (AvgIpc) is 2.44. The zero-order valence-electron chi connectivity index (χ0n) is 7.87. The number of fused-ring (bicyclic) bond motifs is 1. The van der Waals surface area contributed by atoms with Crippen LogP contribution in [0.3, 0.4) is 0 Å². The molecule has 0 bridgehead atoms. The topological polar surface area (TPSA) is 37.4 Å². The van der Waals surface area contributed by atoms with Crippen LogP contribution in [0.5, 0.6) is 0 Å². The third kappa shape index (κ3) is 1.55. The van der Waals surface area contributed by atoms with Gasteiger partial charge in [0.2, 0.25) is 5.24 Å². The van der Waals surface area contributed by atoms with Crippen LogP contribution in [-0.4, -0.2) is 17.7 Å². The fourth-order valence-corrected chi connectivity index (χ4v) is 1.75. The number of carbonyl (C=O) groups is 2. The lowest BCUT2D eigenvalue weighted by molar-refractivity contribution is -0.116. The van der Waals surface area contributed by atoms with Gasteiger partial charge in [0.05, 0.1) is 5.69 Å². The van der Waals surface area contributed by atoms with Gasteiger partial charge in [0.15, 0.2) is 0 Å². The highest BCUT2D eigenvalue weighted by molar-refractivity contribution is 6.64. The van der Waals surface area contributed by atoms with Crippen molar-refractivity contribution in [1.82, 2.24) is 0 Å². The van der Waals surface area contributed by atoms with Crippen LogP contribution >= 0.6 is 11.6 Å². The number of hydrogen-bond acceptors (Lipinski definition) is 2. The molecule has 0 saturated heterocycles. The highest BCUT2D eigenvalue weighted by atomic mass is 35.5. The molecule has 0 fully saturated rings. The van der Waals surface area contributed by atoms with E-state index in [1.165, 1.54) is 4.90 Å². The molecule has 1 amide bonds. The number of hydrogen-bond donors (Lipinski definition) is 0. The molecule has 1 aliphatic rings. The second-order valence-electron chi connectivity index (χ2n) is 3.24. The fourth-order valence-electron chi connectivity index (χ4n) is 1.63. The molecular weight excluding hydrogens is 214 g/mol. The van der Waals surface area contributed by atoms with Crippen molar-refractivity contribution in [2.75, 3.05) is 11.4 Å². The van der Waals surface area contributed by atoms with E-state index in [1.54, 1.807) is 18.2 Å². The first-order valence-corrected chi connectivity index (χ1v) is 4.77. The van der Waals surface area contributed by atoms with Crippen LogP contribution in [-0.2, 0) is 9.59 Å². The quantitative estimate of drug-likeness (QED) is 0.564. The summed E-state index contributed by atoms with van der Waals surface area (Å²) >= 11 is 5.27. The standard InChI is InChI=1S/C11H8ClNO2/c1-7-8-4-2-3-5-9(8)13(11(7)15)6-10(12)14/h2-5H,1,6H2. The molecule has 0 radical (unpaired) electrons. The van der Waals surface area contributed by atoms with Crippen molar-refractivity contribution < 1.29 is 9.59 Å². The Kier molecular flexibility index (Phi) is 2.32. The minimum atomic E-state index is -0.562. The number of carbonyl (C=O) groups excluding carboxylic acids is 2. The molecule has 1 aromatic carbocycles. The number of nitrogens with zero attached hydrogens (tertiary/aromatic N) is 1. The summed E-state index contributed by atoms with van der Waals surface area (Å²) < 4.78 is 0. The Labute approximate surface area is 91.9 Å². The van der Waals surface area contributed by atoms with Crippen LogP contribution in [0.15, 0.2) is 30.8 Å². The molecule has 0 aliphatic carbocycles. The molecule has 4 heteroatoms. The van der Waals surface area contributed by atoms with Crippen molar-refractivity contribution in [3.8, 4) is 0 Å². The molecule has 0 aromatic heterocycles. The first-order valence-electron chi connectivity index (χ1n) is 4.40. The van der Waals surface area contributed by atoms with E-state index >= 15 is 0 Å². The van der Waals surface area contributed by atoms with Crippen LogP contribution in [0.2, 0.25) is 0 Å². The van der Waals surface area contributed by atoms with Crippen LogP contribution in [0.4, 0.5) is 5.69 Å². The Morgan fingerprint density at radius 3 is 2.73 bits per heavy atom. The molecule has 15 heavy (non-hydrogen) atoms. The minimum absolute atomic E-state index is 0.115. The molecule has 3 nitrogen and oxygen atoms in total. The third-order valence-electron chi connectivity index (χ3n) is 2.31. The van der Waals surface area contributed by atoms with E-state index in [4.69, 9.17) is 11.6 Å². The third-order valence-corrected chi connectivity index (χ3v) is 2.43. The maximum atomic E-state index is 11.7. The molecule has 1 aliphatic heterocycles. The van der Waals surface area contributed by atoms with Crippen molar-refractivity contribution in [3.63, 3.8) is 0 Å². The average molecular weight is 222 g/mol. The summed E-state index contributed by atoms with van der Waals surface area (Å²) in [4.78, 5) is 23.9. The molecule has 2 rings (SSSR count).